The first kappa shape index (κ1) is 22.4. The van der Waals surface area contributed by atoms with Crippen LogP contribution in [0, 0.1) is 0 Å². The normalized spacial score (nSPS) is 12.6. The lowest BCUT2D eigenvalue weighted by atomic mass is 9.99. The molecular weight excluding hydrogens is 416 g/mol. The van der Waals surface area contributed by atoms with Gasteiger partial charge in [0.1, 0.15) is 0 Å². The number of aromatic nitrogens is 2. The zero-order chi connectivity index (χ0) is 22.4. The third kappa shape index (κ3) is 5.05. The number of ether oxygens (including phenoxy) is 2. The van der Waals surface area contributed by atoms with Gasteiger partial charge in [-0.05, 0) is 48.2 Å². The van der Waals surface area contributed by atoms with Crippen molar-refractivity contribution in [1.82, 2.24) is 15.0 Å². The summed E-state index contributed by atoms with van der Waals surface area (Å²) < 4.78 is 35.7. The SMILES string of the molecule is CCC(C)c1ccc(S(=O)(=O)N/N=C/c2cn[nH]c2-c2ccc(OC)c(OC)c2)cc1. The number of sulfonamides is 1. The summed E-state index contributed by atoms with van der Waals surface area (Å²) in [5.74, 6) is 1.55. The molecule has 0 aliphatic rings. The molecule has 3 rings (SSSR count). The Morgan fingerprint density at radius 1 is 1.13 bits per heavy atom. The summed E-state index contributed by atoms with van der Waals surface area (Å²) in [6.45, 7) is 4.20. The summed E-state index contributed by atoms with van der Waals surface area (Å²) >= 11 is 0. The number of aromatic amines is 1. The van der Waals surface area contributed by atoms with Crippen molar-refractivity contribution in [2.75, 3.05) is 14.2 Å². The Morgan fingerprint density at radius 2 is 1.84 bits per heavy atom. The van der Waals surface area contributed by atoms with Gasteiger partial charge in [0.15, 0.2) is 11.5 Å². The first-order valence-electron chi connectivity index (χ1n) is 9.80. The molecular formula is C22H26N4O4S. The molecule has 0 saturated carbocycles. The largest absolute Gasteiger partial charge is 0.493 e. The number of rotatable bonds is 9. The molecule has 0 spiro atoms. The summed E-state index contributed by atoms with van der Waals surface area (Å²) in [6.07, 6.45) is 3.95. The van der Waals surface area contributed by atoms with E-state index in [9.17, 15) is 8.42 Å². The van der Waals surface area contributed by atoms with Gasteiger partial charge in [0.2, 0.25) is 0 Å². The van der Waals surface area contributed by atoms with Gasteiger partial charge < -0.3 is 9.47 Å². The number of hydrogen-bond donors (Lipinski definition) is 2. The number of benzene rings is 2. The summed E-state index contributed by atoms with van der Waals surface area (Å²) in [4.78, 5) is 2.41. The van der Waals surface area contributed by atoms with Crippen LogP contribution in [0.25, 0.3) is 11.3 Å². The van der Waals surface area contributed by atoms with Crippen molar-refractivity contribution in [2.24, 2.45) is 5.10 Å². The maximum absolute atomic E-state index is 12.5. The van der Waals surface area contributed by atoms with Gasteiger partial charge in [0.05, 0.1) is 37.2 Å². The molecule has 1 atom stereocenters. The molecule has 31 heavy (non-hydrogen) atoms. The highest BCUT2D eigenvalue weighted by Crippen LogP contribution is 2.32. The van der Waals surface area contributed by atoms with Crippen molar-refractivity contribution in [3.8, 4) is 22.8 Å². The fourth-order valence-corrected chi connectivity index (χ4v) is 3.84. The molecule has 1 heterocycles. The van der Waals surface area contributed by atoms with E-state index in [1.165, 1.54) is 6.21 Å². The van der Waals surface area contributed by atoms with Gasteiger partial charge in [0, 0.05) is 11.1 Å². The monoisotopic (exact) mass is 442 g/mol. The molecule has 0 saturated heterocycles. The van der Waals surface area contributed by atoms with E-state index in [0.717, 1.165) is 17.5 Å². The van der Waals surface area contributed by atoms with E-state index in [1.54, 1.807) is 44.7 Å². The minimum atomic E-state index is -3.77. The van der Waals surface area contributed by atoms with Gasteiger partial charge in [-0.3, -0.25) is 5.10 Å². The van der Waals surface area contributed by atoms with Gasteiger partial charge in [-0.15, -0.1) is 0 Å². The van der Waals surface area contributed by atoms with Crippen molar-refractivity contribution in [1.29, 1.82) is 0 Å². The molecule has 0 aliphatic heterocycles. The molecule has 3 aromatic rings. The van der Waals surface area contributed by atoms with Gasteiger partial charge >= 0.3 is 0 Å². The average Bonchev–Trinajstić information content (AvgIpc) is 3.26. The number of hydrogen-bond acceptors (Lipinski definition) is 6. The fraction of sp³-hybridized carbons (Fsp3) is 0.273. The molecule has 8 nitrogen and oxygen atoms in total. The van der Waals surface area contributed by atoms with Crippen molar-refractivity contribution >= 4 is 16.2 Å². The quantitative estimate of drug-likeness (QED) is 0.386. The summed E-state index contributed by atoms with van der Waals surface area (Å²) in [5.41, 5.74) is 3.17. The Bertz CT molecular complexity index is 1150. The number of methoxy groups -OCH3 is 2. The van der Waals surface area contributed by atoms with Gasteiger partial charge in [-0.2, -0.15) is 18.6 Å². The van der Waals surface area contributed by atoms with E-state index in [4.69, 9.17) is 9.47 Å². The van der Waals surface area contributed by atoms with Gasteiger partial charge in [0.25, 0.3) is 10.0 Å². The highest BCUT2D eigenvalue weighted by Gasteiger charge is 2.14. The van der Waals surface area contributed by atoms with Crippen molar-refractivity contribution in [3.63, 3.8) is 0 Å². The Hall–Kier alpha value is -3.33. The molecule has 0 aliphatic carbocycles. The first-order valence-corrected chi connectivity index (χ1v) is 11.3. The Labute approximate surface area is 182 Å². The van der Waals surface area contributed by atoms with E-state index >= 15 is 0 Å². The molecule has 2 aromatic carbocycles. The number of nitrogens with one attached hydrogen (secondary N) is 2. The second kappa shape index (κ2) is 9.65. The Kier molecular flexibility index (Phi) is 6.96. The zero-order valence-corrected chi connectivity index (χ0v) is 18.7. The molecule has 0 radical (unpaired) electrons. The van der Waals surface area contributed by atoms with Crippen LogP contribution in [0.2, 0.25) is 0 Å². The van der Waals surface area contributed by atoms with Crippen LogP contribution >= 0.6 is 0 Å². The van der Waals surface area contributed by atoms with Crippen LogP contribution in [0.4, 0.5) is 0 Å². The second-order valence-corrected chi connectivity index (χ2v) is 8.66. The minimum absolute atomic E-state index is 0.156. The third-order valence-corrected chi connectivity index (χ3v) is 6.33. The molecule has 2 N–H and O–H groups in total. The lowest BCUT2D eigenvalue weighted by Gasteiger charge is -2.10. The molecule has 0 bridgehead atoms. The number of hydrazone groups is 1. The van der Waals surface area contributed by atoms with Crippen LogP contribution in [-0.2, 0) is 10.0 Å². The van der Waals surface area contributed by atoms with E-state index in [-0.39, 0.29) is 4.90 Å². The van der Waals surface area contributed by atoms with E-state index < -0.39 is 10.0 Å². The molecule has 164 valence electrons. The summed E-state index contributed by atoms with van der Waals surface area (Å²) in [5, 5.41) is 10.9. The standard InChI is InChI=1S/C22H26N4O4S/c1-5-15(2)16-6-9-19(10-7-16)31(27,28)26-24-14-18-13-23-25-22(18)17-8-11-20(29-3)21(12-17)30-4/h6-15,26H,5H2,1-4H3,(H,23,25)/b24-14+. The first-order chi connectivity index (χ1) is 14.9. The Morgan fingerprint density at radius 3 is 2.48 bits per heavy atom. The molecule has 0 amide bonds. The molecule has 1 unspecified atom stereocenters. The predicted molar refractivity (Wildman–Crippen MR) is 120 cm³/mol. The fourth-order valence-electron chi connectivity index (χ4n) is 3.05. The van der Waals surface area contributed by atoms with Crippen molar-refractivity contribution < 1.29 is 17.9 Å². The summed E-state index contributed by atoms with van der Waals surface area (Å²) in [7, 11) is -0.653. The van der Waals surface area contributed by atoms with Crippen LogP contribution in [0.15, 0.2) is 58.7 Å². The number of nitrogens with zero attached hydrogens (tertiary/aromatic N) is 2. The van der Waals surface area contributed by atoms with E-state index in [2.05, 4.69) is 34.0 Å². The van der Waals surface area contributed by atoms with Crippen molar-refractivity contribution in [3.05, 3.63) is 59.8 Å². The van der Waals surface area contributed by atoms with Crippen LogP contribution in [0.1, 0.15) is 37.3 Å². The highest BCUT2D eigenvalue weighted by molar-refractivity contribution is 7.89. The maximum Gasteiger partial charge on any atom is 0.276 e. The van der Waals surface area contributed by atoms with Crippen LogP contribution in [0.3, 0.4) is 0 Å². The van der Waals surface area contributed by atoms with Gasteiger partial charge in [-0.25, -0.2) is 4.83 Å². The lowest BCUT2D eigenvalue weighted by molar-refractivity contribution is 0.355. The van der Waals surface area contributed by atoms with E-state index in [0.29, 0.717) is 28.7 Å². The molecule has 0 fully saturated rings. The van der Waals surface area contributed by atoms with Crippen LogP contribution in [-0.4, -0.2) is 39.0 Å². The topological polar surface area (TPSA) is 106 Å². The smallest absolute Gasteiger partial charge is 0.276 e. The highest BCUT2D eigenvalue weighted by atomic mass is 32.2. The third-order valence-electron chi connectivity index (χ3n) is 5.09. The summed E-state index contributed by atoms with van der Waals surface area (Å²) in [6, 6.07) is 12.3. The second-order valence-electron chi connectivity index (χ2n) is 7.00. The minimum Gasteiger partial charge on any atom is -0.493 e. The zero-order valence-electron chi connectivity index (χ0n) is 17.9. The number of H-pyrrole nitrogens is 1. The molecule has 1 aromatic heterocycles. The van der Waals surface area contributed by atoms with Crippen LogP contribution in [0.5, 0.6) is 11.5 Å². The predicted octanol–water partition coefficient (Wildman–Crippen LogP) is 3.92. The van der Waals surface area contributed by atoms with Gasteiger partial charge in [-0.1, -0.05) is 26.0 Å². The van der Waals surface area contributed by atoms with E-state index in [1.807, 2.05) is 18.2 Å². The lowest BCUT2D eigenvalue weighted by Crippen LogP contribution is -2.18. The average molecular weight is 443 g/mol. The maximum atomic E-state index is 12.5. The Balaban J connectivity index is 1.77. The van der Waals surface area contributed by atoms with Crippen LogP contribution < -0.4 is 14.3 Å². The van der Waals surface area contributed by atoms with Crippen molar-refractivity contribution in [2.45, 2.75) is 31.1 Å². The molecule has 9 heteroatoms.